The molecular formula is C28H24IN3O2. The summed E-state index contributed by atoms with van der Waals surface area (Å²) in [5, 5.41) is 13.5. The van der Waals surface area contributed by atoms with E-state index in [1.807, 2.05) is 60.8 Å². The third kappa shape index (κ3) is 5.86. The number of nitriles is 1. The second-order valence-electron chi connectivity index (χ2n) is 8.00. The number of H-pyrrole nitrogens is 1. The molecule has 0 atom stereocenters. The first-order valence-corrected chi connectivity index (χ1v) is 12.0. The Morgan fingerprint density at radius 3 is 2.79 bits per heavy atom. The predicted octanol–water partition coefficient (Wildman–Crippen LogP) is 5.93. The van der Waals surface area contributed by atoms with Gasteiger partial charge < -0.3 is 15.0 Å². The standard InChI is InChI=1S/C28H24IN3O2/c1-19-5-4-6-21(13-19)18-34-27-10-9-20(15-25(27)29)14-23(16-30)28(33)31-12-11-22-17-32-26-8-3-2-7-24(22)26/h2-10,13-15,17,32H,11-12,18H2,1H3,(H,31,33)/b23-14-. The fourth-order valence-electron chi connectivity index (χ4n) is 3.75. The summed E-state index contributed by atoms with van der Waals surface area (Å²) in [6.45, 7) is 2.98. The number of hydrogen-bond acceptors (Lipinski definition) is 3. The number of amides is 1. The van der Waals surface area contributed by atoms with E-state index in [0.29, 0.717) is 19.6 Å². The number of nitrogens with one attached hydrogen (secondary N) is 2. The van der Waals surface area contributed by atoms with E-state index in [2.05, 4.69) is 58.0 Å². The molecule has 1 amide bonds. The van der Waals surface area contributed by atoms with Crippen LogP contribution in [0, 0.1) is 21.8 Å². The number of aromatic nitrogens is 1. The van der Waals surface area contributed by atoms with Crippen LogP contribution in [0.2, 0.25) is 0 Å². The lowest BCUT2D eigenvalue weighted by molar-refractivity contribution is -0.117. The number of fused-ring (bicyclic) bond motifs is 1. The molecule has 5 nitrogen and oxygen atoms in total. The van der Waals surface area contributed by atoms with E-state index in [9.17, 15) is 10.1 Å². The lowest BCUT2D eigenvalue weighted by atomic mass is 10.1. The van der Waals surface area contributed by atoms with Crippen LogP contribution in [0.3, 0.4) is 0 Å². The molecule has 0 aliphatic heterocycles. The van der Waals surface area contributed by atoms with E-state index in [-0.39, 0.29) is 11.5 Å². The minimum Gasteiger partial charge on any atom is -0.488 e. The number of carbonyl (C=O) groups excluding carboxylic acids is 1. The van der Waals surface area contributed by atoms with E-state index < -0.39 is 0 Å². The molecule has 0 aliphatic rings. The number of carbonyl (C=O) groups is 1. The summed E-state index contributed by atoms with van der Waals surface area (Å²) in [6, 6.07) is 23.9. The second-order valence-corrected chi connectivity index (χ2v) is 9.16. The van der Waals surface area contributed by atoms with Crippen molar-refractivity contribution in [2.75, 3.05) is 6.54 Å². The summed E-state index contributed by atoms with van der Waals surface area (Å²) < 4.78 is 6.87. The smallest absolute Gasteiger partial charge is 0.261 e. The van der Waals surface area contributed by atoms with Crippen LogP contribution in [0.4, 0.5) is 0 Å². The fraction of sp³-hybridized carbons (Fsp3) is 0.143. The summed E-state index contributed by atoms with van der Waals surface area (Å²) in [4.78, 5) is 15.8. The van der Waals surface area contributed by atoms with Crippen LogP contribution in [-0.4, -0.2) is 17.4 Å². The Morgan fingerprint density at radius 2 is 2.00 bits per heavy atom. The molecule has 0 bridgehead atoms. The number of nitrogens with zero attached hydrogens (tertiary/aromatic N) is 1. The zero-order chi connectivity index (χ0) is 23.9. The highest BCUT2D eigenvalue weighted by Gasteiger charge is 2.11. The summed E-state index contributed by atoms with van der Waals surface area (Å²) in [5.41, 5.74) is 5.35. The molecule has 1 aromatic heterocycles. The topological polar surface area (TPSA) is 77.9 Å². The van der Waals surface area contributed by atoms with Gasteiger partial charge in [-0.1, -0.05) is 54.1 Å². The van der Waals surface area contributed by atoms with Gasteiger partial charge in [0.05, 0.1) is 3.57 Å². The quantitative estimate of drug-likeness (QED) is 0.159. The molecule has 3 aromatic carbocycles. The van der Waals surface area contributed by atoms with E-state index in [1.165, 1.54) is 5.56 Å². The van der Waals surface area contributed by atoms with Crippen molar-refractivity contribution in [3.05, 3.63) is 104 Å². The zero-order valence-electron chi connectivity index (χ0n) is 18.8. The average molecular weight is 561 g/mol. The van der Waals surface area contributed by atoms with Crippen LogP contribution < -0.4 is 10.1 Å². The Morgan fingerprint density at radius 1 is 1.15 bits per heavy atom. The normalized spacial score (nSPS) is 11.3. The molecule has 1 heterocycles. The van der Waals surface area contributed by atoms with E-state index in [0.717, 1.165) is 36.9 Å². The Hall–Kier alpha value is -3.57. The summed E-state index contributed by atoms with van der Waals surface area (Å²) in [5.74, 6) is 0.387. The van der Waals surface area contributed by atoms with Gasteiger partial charge in [-0.15, -0.1) is 0 Å². The molecule has 2 N–H and O–H groups in total. The maximum atomic E-state index is 12.6. The molecule has 4 rings (SSSR count). The summed E-state index contributed by atoms with van der Waals surface area (Å²) >= 11 is 2.21. The number of halogens is 1. The van der Waals surface area contributed by atoms with Crippen LogP contribution in [-0.2, 0) is 17.8 Å². The summed E-state index contributed by atoms with van der Waals surface area (Å²) in [6.07, 6.45) is 4.25. The number of benzene rings is 3. The third-order valence-electron chi connectivity index (χ3n) is 5.46. The monoisotopic (exact) mass is 561 g/mol. The van der Waals surface area contributed by atoms with Gasteiger partial charge >= 0.3 is 0 Å². The maximum absolute atomic E-state index is 12.6. The van der Waals surface area contributed by atoms with Gasteiger partial charge in [0, 0.05) is 23.6 Å². The van der Waals surface area contributed by atoms with Crippen molar-refractivity contribution in [3.8, 4) is 11.8 Å². The number of aryl methyl sites for hydroxylation is 1. The molecule has 0 saturated heterocycles. The summed E-state index contributed by atoms with van der Waals surface area (Å²) in [7, 11) is 0. The molecule has 0 spiro atoms. The second kappa shape index (κ2) is 11.0. The van der Waals surface area contributed by atoms with Crippen molar-refractivity contribution in [1.82, 2.24) is 10.3 Å². The Labute approximate surface area is 212 Å². The number of rotatable bonds is 8. The number of hydrogen-bond donors (Lipinski definition) is 2. The molecule has 4 aromatic rings. The molecule has 170 valence electrons. The minimum atomic E-state index is -0.378. The van der Waals surface area contributed by atoms with Gasteiger partial charge in [-0.3, -0.25) is 4.79 Å². The molecular weight excluding hydrogens is 537 g/mol. The lowest BCUT2D eigenvalue weighted by Crippen LogP contribution is -2.26. The van der Waals surface area contributed by atoms with Gasteiger partial charge in [0.25, 0.3) is 5.91 Å². The van der Waals surface area contributed by atoms with Crippen molar-refractivity contribution in [2.24, 2.45) is 0 Å². The van der Waals surface area contributed by atoms with Gasteiger partial charge in [0.2, 0.25) is 0 Å². The van der Waals surface area contributed by atoms with Crippen molar-refractivity contribution < 1.29 is 9.53 Å². The van der Waals surface area contributed by atoms with Crippen LogP contribution in [0.15, 0.2) is 78.5 Å². The average Bonchev–Trinajstić information content (AvgIpc) is 3.25. The highest BCUT2D eigenvalue weighted by molar-refractivity contribution is 14.1. The van der Waals surface area contributed by atoms with Crippen LogP contribution >= 0.6 is 22.6 Å². The fourth-order valence-corrected chi connectivity index (χ4v) is 4.44. The van der Waals surface area contributed by atoms with Gasteiger partial charge in [-0.2, -0.15) is 5.26 Å². The largest absolute Gasteiger partial charge is 0.488 e. The number of ether oxygens (including phenoxy) is 1. The van der Waals surface area contributed by atoms with Gasteiger partial charge in [0.15, 0.2) is 0 Å². The molecule has 0 aliphatic carbocycles. The zero-order valence-corrected chi connectivity index (χ0v) is 20.9. The Balaban J connectivity index is 1.36. The van der Waals surface area contributed by atoms with Gasteiger partial charge in [-0.05, 0) is 76.9 Å². The predicted molar refractivity (Wildman–Crippen MR) is 143 cm³/mol. The molecule has 0 saturated carbocycles. The van der Waals surface area contributed by atoms with Gasteiger partial charge in [-0.25, -0.2) is 0 Å². The van der Waals surface area contributed by atoms with Crippen molar-refractivity contribution >= 4 is 45.5 Å². The SMILES string of the molecule is Cc1cccc(COc2ccc(/C=C(/C#N)C(=O)NCCc3c[nH]c4ccccc34)cc2I)c1. The van der Waals surface area contributed by atoms with Crippen LogP contribution in [0.25, 0.3) is 17.0 Å². The van der Waals surface area contributed by atoms with E-state index in [1.54, 1.807) is 6.08 Å². The first kappa shape index (κ1) is 23.6. The number of aromatic amines is 1. The highest BCUT2D eigenvalue weighted by Crippen LogP contribution is 2.24. The molecule has 6 heteroatoms. The molecule has 0 unspecified atom stereocenters. The first-order chi connectivity index (χ1) is 16.5. The first-order valence-electron chi connectivity index (χ1n) is 11.0. The van der Waals surface area contributed by atoms with E-state index in [4.69, 9.17) is 4.74 Å². The molecule has 0 radical (unpaired) electrons. The van der Waals surface area contributed by atoms with Crippen LogP contribution in [0.5, 0.6) is 5.75 Å². The Bertz CT molecular complexity index is 1400. The molecule has 0 fully saturated rings. The van der Waals surface area contributed by atoms with Crippen molar-refractivity contribution in [2.45, 2.75) is 20.0 Å². The van der Waals surface area contributed by atoms with Gasteiger partial charge in [0.1, 0.15) is 24.0 Å². The Kier molecular flexibility index (Phi) is 7.65. The highest BCUT2D eigenvalue weighted by atomic mass is 127. The number of para-hydroxylation sites is 1. The maximum Gasteiger partial charge on any atom is 0.261 e. The lowest BCUT2D eigenvalue weighted by Gasteiger charge is -2.10. The minimum absolute atomic E-state index is 0.0724. The van der Waals surface area contributed by atoms with Crippen molar-refractivity contribution in [1.29, 1.82) is 5.26 Å². The van der Waals surface area contributed by atoms with Crippen LogP contribution in [0.1, 0.15) is 22.3 Å². The molecule has 34 heavy (non-hydrogen) atoms. The van der Waals surface area contributed by atoms with E-state index >= 15 is 0 Å². The van der Waals surface area contributed by atoms with Crippen molar-refractivity contribution in [3.63, 3.8) is 0 Å². The third-order valence-corrected chi connectivity index (χ3v) is 6.31.